The summed E-state index contributed by atoms with van der Waals surface area (Å²) >= 11 is 0. The average Bonchev–Trinajstić information content (AvgIpc) is 3.37. The quantitative estimate of drug-likeness (QED) is 0.840. The monoisotopic (exact) mass is 329 g/mol. The van der Waals surface area contributed by atoms with Gasteiger partial charge in [-0.05, 0) is 64.3 Å². The topological polar surface area (TPSA) is 35.6 Å². The van der Waals surface area contributed by atoms with E-state index < -0.39 is 0 Å². The van der Waals surface area contributed by atoms with Crippen LogP contribution in [-0.4, -0.2) is 60.5 Å². The lowest BCUT2D eigenvalue weighted by molar-refractivity contribution is -0.137. The zero-order valence-electron chi connectivity index (χ0n) is 13.9. The Morgan fingerprint density at radius 3 is 2.27 bits per heavy atom. The Bertz CT molecular complexity index is 348. The summed E-state index contributed by atoms with van der Waals surface area (Å²) in [5.74, 6) is 1.32. The Labute approximate surface area is 141 Å². The second-order valence-corrected chi connectivity index (χ2v) is 7.22. The standard InChI is InChI=1S/C17H31N3O.ClH/c1-14(17(21)20-9-3-2-4-10-20)19-11-7-16(8-12-19)18-13-15-5-6-15;/h14-16,18H,2-13H2,1H3;1H. The Balaban J connectivity index is 0.00000176. The number of likely N-dealkylation sites (tertiary alicyclic amines) is 2. The fourth-order valence-electron chi connectivity index (χ4n) is 3.68. The van der Waals surface area contributed by atoms with E-state index in [1.807, 2.05) is 0 Å². The number of piperidine rings is 2. The highest BCUT2D eigenvalue weighted by Gasteiger charge is 2.30. The van der Waals surface area contributed by atoms with E-state index in [1.54, 1.807) is 0 Å². The van der Waals surface area contributed by atoms with Crippen molar-refractivity contribution >= 4 is 18.3 Å². The van der Waals surface area contributed by atoms with Crippen molar-refractivity contribution in [2.24, 2.45) is 5.92 Å². The van der Waals surface area contributed by atoms with Gasteiger partial charge in [0.2, 0.25) is 5.91 Å². The van der Waals surface area contributed by atoms with Gasteiger partial charge in [-0.3, -0.25) is 9.69 Å². The number of amides is 1. The number of hydrogen-bond acceptors (Lipinski definition) is 3. The molecule has 1 aliphatic carbocycles. The van der Waals surface area contributed by atoms with Gasteiger partial charge in [0.1, 0.15) is 0 Å². The molecule has 2 heterocycles. The zero-order valence-corrected chi connectivity index (χ0v) is 14.7. The summed E-state index contributed by atoms with van der Waals surface area (Å²) in [6, 6.07) is 0.756. The maximum absolute atomic E-state index is 12.6. The fraction of sp³-hybridized carbons (Fsp3) is 0.941. The van der Waals surface area contributed by atoms with Gasteiger partial charge in [0, 0.05) is 32.2 Å². The minimum Gasteiger partial charge on any atom is -0.341 e. The van der Waals surface area contributed by atoms with E-state index in [4.69, 9.17) is 0 Å². The molecule has 3 rings (SSSR count). The van der Waals surface area contributed by atoms with Gasteiger partial charge in [0.25, 0.3) is 0 Å². The zero-order chi connectivity index (χ0) is 14.7. The van der Waals surface area contributed by atoms with Crippen molar-refractivity contribution in [2.75, 3.05) is 32.7 Å². The molecule has 0 aromatic carbocycles. The average molecular weight is 330 g/mol. The number of carbonyl (C=O) groups is 1. The molecule has 1 unspecified atom stereocenters. The molecular weight excluding hydrogens is 298 g/mol. The first-order valence-corrected chi connectivity index (χ1v) is 9.00. The molecule has 22 heavy (non-hydrogen) atoms. The molecule has 5 heteroatoms. The van der Waals surface area contributed by atoms with Gasteiger partial charge in [-0.25, -0.2) is 0 Å². The van der Waals surface area contributed by atoms with Gasteiger partial charge in [-0.2, -0.15) is 0 Å². The highest BCUT2D eigenvalue weighted by atomic mass is 35.5. The number of carbonyl (C=O) groups excluding carboxylic acids is 1. The second kappa shape index (κ2) is 8.51. The minimum absolute atomic E-state index is 0. The highest BCUT2D eigenvalue weighted by molar-refractivity contribution is 5.85. The Morgan fingerprint density at radius 1 is 1.05 bits per heavy atom. The summed E-state index contributed by atoms with van der Waals surface area (Å²) in [7, 11) is 0. The van der Waals surface area contributed by atoms with Crippen molar-refractivity contribution < 1.29 is 4.79 Å². The molecule has 0 aromatic rings. The lowest BCUT2D eigenvalue weighted by atomic mass is 10.0. The van der Waals surface area contributed by atoms with E-state index in [-0.39, 0.29) is 18.4 Å². The van der Waals surface area contributed by atoms with Crippen LogP contribution in [0.4, 0.5) is 0 Å². The van der Waals surface area contributed by atoms with E-state index in [9.17, 15) is 4.79 Å². The lowest BCUT2D eigenvalue weighted by Crippen LogP contribution is -2.52. The molecule has 3 aliphatic rings. The van der Waals surface area contributed by atoms with Gasteiger partial charge in [-0.1, -0.05) is 0 Å². The first-order valence-electron chi connectivity index (χ1n) is 9.00. The van der Waals surface area contributed by atoms with Crippen molar-refractivity contribution in [2.45, 2.75) is 64.0 Å². The predicted octanol–water partition coefficient (Wildman–Crippen LogP) is 2.27. The first-order chi connectivity index (χ1) is 10.2. The molecule has 1 saturated carbocycles. The number of nitrogens with zero attached hydrogens (tertiary/aromatic N) is 2. The third kappa shape index (κ3) is 4.84. The molecule has 0 radical (unpaired) electrons. The van der Waals surface area contributed by atoms with Gasteiger partial charge in [-0.15, -0.1) is 12.4 Å². The van der Waals surface area contributed by atoms with Crippen LogP contribution in [0.15, 0.2) is 0 Å². The van der Waals surface area contributed by atoms with Crippen molar-refractivity contribution in [1.29, 1.82) is 0 Å². The van der Waals surface area contributed by atoms with Crippen LogP contribution in [0.1, 0.15) is 51.9 Å². The van der Waals surface area contributed by atoms with Gasteiger partial charge >= 0.3 is 0 Å². The van der Waals surface area contributed by atoms with E-state index in [1.165, 1.54) is 51.5 Å². The molecule has 4 nitrogen and oxygen atoms in total. The van der Waals surface area contributed by atoms with Crippen LogP contribution in [-0.2, 0) is 4.79 Å². The summed E-state index contributed by atoms with van der Waals surface area (Å²) in [6.07, 6.45) is 8.91. The van der Waals surface area contributed by atoms with Crippen LogP contribution >= 0.6 is 12.4 Å². The van der Waals surface area contributed by atoms with Gasteiger partial charge in [0.05, 0.1) is 6.04 Å². The molecule has 128 valence electrons. The van der Waals surface area contributed by atoms with Crippen LogP contribution in [0.5, 0.6) is 0 Å². The van der Waals surface area contributed by atoms with E-state index in [0.29, 0.717) is 11.9 Å². The summed E-state index contributed by atoms with van der Waals surface area (Å²) < 4.78 is 0. The van der Waals surface area contributed by atoms with E-state index in [0.717, 1.165) is 32.1 Å². The van der Waals surface area contributed by atoms with Crippen molar-refractivity contribution in [3.63, 3.8) is 0 Å². The molecule has 1 N–H and O–H groups in total. The fourth-order valence-corrected chi connectivity index (χ4v) is 3.68. The Hall–Kier alpha value is -0.320. The third-order valence-corrected chi connectivity index (χ3v) is 5.49. The predicted molar refractivity (Wildman–Crippen MR) is 92.5 cm³/mol. The SMILES string of the molecule is CC(C(=O)N1CCCCC1)N1CCC(NCC2CC2)CC1.Cl. The molecule has 0 spiro atoms. The van der Waals surface area contributed by atoms with Crippen molar-refractivity contribution in [3.8, 4) is 0 Å². The molecule has 1 amide bonds. The minimum atomic E-state index is 0. The number of rotatable bonds is 5. The summed E-state index contributed by atoms with van der Waals surface area (Å²) in [4.78, 5) is 17.1. The summed E-state index contributed by atoms with van der Waals surface area (Å²) in [6.45, 7) is 7.42. The summed E-state index contributed by atoms with van der Waals surface area (Å²) in [5.41, 5.74) is 0. The Morgan fingerprint density at radius 2 is 1.68 bits per heavy atom. The number of hydrogen-bond donors (Lipinski definition) is 1. The third-order valence-electron chi connectivity index (χ3n) is 5.49. The smallest absolute Gasteiger partial charge is 0.239 e. The molecule has 0 aromatic heterocycles. The Kier molecular flexibility index (Phi) is 6.97. The number of halogens is 1. The van der Waals surface area contributed by atoms with Gasteiger partial charge < -0.3 is 10.2 Å². The van der Waals surface area contributed by atoms with Crippen molar-refractivity contribution in [3.05, 3.63) is 0 Å². The first kappa shape index (κ1) is 18.0. The van der Waals surface area contributed by atoms with Crippen molar-refractivity contribution in [1.82, 2.24) is 15.1 Å². The normalized spacial score (nSPS) is 25.6. The van der Waals surface area contributed by atoms with Crippen LogP contribution in [0, 0.1) is 5.92 Å². The molecule has 0 bridgehead atoms. The molecule has 2 saturated heterocycles. The van der Waals surface area contributed by atoms with Crippen LogP contribution in [0.25, 0.3) is 0 Å². The lowest BCUT2D eigenvalue weighted by Gasteiger charge is -2.38. The molecule has 2 aliphatic heterocycles. The van der Waals surface area contributed by atoms with E-state index >= 15 is 0 Å². The highest BCUT2D eigenvalue weighted by Crippen LogP contribution is 2.28. The van der Waals surface area contributed by atoms with Gasteiger partial charge in [0.15, 0.2) is 0 Å². The maximum atomic E-state index is 12.6. The van der Waals surface area contributed by atoms with E-state index in [2.05, 4.69) is 22.0 Å². The van der Waals surface area contributed by atoms with Crippen LogP contribution in [0.3, 0.4) is 0 Å². The molecule has 1 atom stereocenters. The molecule has 3 fully saturated rings. The number of nitrogens with one attached hydrogen (secondary N) is 1. The maximum Gasteiger partial charge on any atom is 0.239 e. The molecular formula is C17H32ClN3O. The second-order valence-electron chi connectivity index (χ2n) is 7.22. The summed E-state index contributed by atoms with van der Waals surface area (Å²) in [5, 5.41) is 3.71. The van der Waals surface area contributed by atoms with Crippen LogP contribution in [0.2, 0.25) is 0 Å². The van der Waals surface area contributed by atoms with Crippen LogP contribution < -0.4 is 5.32 Å². The largest absolute Gasteiger partial charge is 0.341 e.